The fourth-order valence-electron chi connectivity index (χ4n) is 3.27. The van der Waals surface area contributed by atoms with Gasteiger partial charge in [-0.25, -0.2) is 0 Å². The van der Waals surface area contributed by atoms with E-state index in [-0.39, 0.29) is 12.0 Å². The van der Waals surface area contributed by atoms with Crippen molar-refractivity contribution < 1.29 is 9.84 Å². The molecule has 5 nitrogen and oxygen atoms in total. The fraction of sp³-hybridized carbons (Fsp3) is 0.304. The molecule has 3 rings (SSSR count). The van der Waals surface area contributed by atoms with Gasteiger partial charge in [0.25, 0.3) is 0 Å². The summed E-state index contributed by atoms with van der Waals surface area (Å²) in [4.78, 5) is 0. The van der Waals surface area contributed by atoms with Crippen LogP contribution in [0.1, 0.15) is 42.4 Å². The maximum atomic E-state index is 10.4. The number of aliphatic hydroxyl groups is 1. The van der Waals surface area contributed by atoms with Gasteiger partial charge in [0.2, 0.25) is 0 Å². The summed E-state index contributed by atoms with van der Waals surface area (Å²) in [6.45, 7) is 2.86. The molecule has 28 heavy (non-hydrogen) atoms. The van der Waals surface area contributed by atoms with Crippen molar-refractivity contribution >= 4 is 0 Å². The molecular formula is C23H27N3O2. The van der Waals surface area contributed by atoms with Crippen molar-refractivity contribution in [3.63, 3.8) is 0 Å². The molecule has 2 aromatic carbocycles. The lowest BCUT2D eigenvalue weighted by Gasteiger charge is -2.20. The molecule has 0 saturated carbocycles. The van der Waals surface area contributed by atoms with E-state index in [0.717, 1.165) is 12.0 Å². The van der Waals surface area contributed by atoms with Gasteiger partial charge in [0.1, 0.15) is 11.8 Å². The zero-order valence-electron chi connectivity index (χ0n) is 16.3. The van der Waals surface area contributed by atoms with Crippen molar-refractivity contribution in [2.75, 3.05) is 7.11 Å². The average molecular weight is 377 g/mol. The van der Waals surface area contributed by atoms with Crippen molar-refractivity contribution in [1.29, 1.82) is 0 Å². The smallest absolute Gasteiger partial charge is 0.124 e. The Balaban J connectivity index is 1.53. The van der Waals surface area contributed by atoms with E-state index in [1.807, 2.05) is 48.5 Å². The third-order valence-corrected chi connectivity index (χ3v) is 4.78. The Morgan fingerprint density at radius 1 is 1.04 bits per heavy atom. The summed E-state index contributed by atoms with van der Waals surface area (Å²) in [7, 11) is 1.75. The van der Waals surface area contributed by atoms with Gasteiger partial charge in [-0.1, -0.05) is 85.0 Å². The van der Waals surface area contributed by atoms with Crippen LogP contribution in [0.5, 0.6) is 0 Å². The van der Waals surface area contributed by atoms with E-state index in [1.54, 1.807) is 18.0 Å². The summed E-state index contributed by atoms with van der Waals surface area (Å²) < 4.78 is 7.44. The van der Waals surface area contributed by atoms with Crippen molar-refractivity contribution in [1.82, 2.24) is 15.0 Å². The van der Waals surface area contributed by atoms with Gasteiger partial charge in [0.05, 0.1) is 12.3 Å². The van der Waals surface area contributed by atoms with Crippen molar-refractivity contribution in [3.05, 3.63) is 95.8 Å². The minimum atomic E-state index is -0.751. The summed E-state index contributed by atoms with van der Waals surface area (Å²) in [6, 6.07) is 19.7. The molecule has 0 bridgehead atoms. The van der Waals surface area contributed by atoms with Gasteiger partial charge in [-0.2, -0.15) is 0 Å². The van der Waals surface area contributed by atoms with Gasteiger partial charge in [0, 0.05) is 19.6 Å². The number of ether oxygens (including phenoxy) is 1. The summed E-state index contributed by atoms with van der Waals surface area (Å²) >= 11 is 0. The van der Waals surface area contributed by atoms with E-state index in [0.29, 0.717) is 12.2 Å². The Kier molecular flexibility index (Phi) is 7.12. The predicted octanol–water partition coefficient (Wildman–Crippen LogP) is 4.33. The maximum absolute atomic E-state index is 10.4. The lowest BCUT2D eigenvalue weighted by atomic mass is 9.96. The van der Waals surface area contributed by atoms with Gasteiger partial charge in [-0.15, -0.1) is 5.10 Å². The van der Waals surface area contributed by atoms with Crippen LogP contribution in [-0.4, -0.2) is 27.2 Å². The van der Waals surface area contributed by atoms with E-state index < -0.39 is 6.10 Å². The molecule has 0 fully saturated rings. The van der Waals surface area contributed by atoms with E-state index in [1.165, 1.54) is 5.56 Å². The van der Waals surface area contributed by atoms with E-state index in [9.17, 15) is 5.11 Å². The number of hydrogen-bond donors (Lipinski definition) is 1. The highest BCUT2D eigenvalue weighted by Gasteiger charge is 2.16. The van der Waals surface area contributed by atoms with Crippen LogP contribution in [0.2, 0.25) is 0 Å². The lowest BCUT2D eigenvalue weighted by Crippen LogP contribution is -2.10. The quantitative estimate of drug-likeness (QED) is 0.564. The predicted molar refractivity (Wildman–Crippen MR) is 110 cm³/mol. The van der Waals surface area contributed by atoms with Gasteiger partial charge >= 0.3 is 0 Å². The van der Waals surface area contributed by atoms with Crippen LogP contribution in [0, 0.1) is 5.92 Å². The SMILES string of the molecule is CO[C@@H](c1ccccc1)[C@@H](C)/C=C/CCn1cc([C@H](O)c2ccccc2)nn1. The highest BCUT2D eigenvalue weighted by molar-refractivity contribution is 5.23. The molecule has 0 amide bonds. The first-order valence-corrected chi connectivity index (χ1v) is 9.56. The van der Waals surface area contributed by atoms with Crippen LogP contribution in [0.25, 0.3) is 0 Å². The van der Waals surface area contributed by atoms with Crippen LogP contribution in [0.15, 0.2) is 79.0 Å². The zero-order chi connectivity index (χ0) is 19.8. The highest BCUT2D eigenvalue weighted by Crippen LogP contribution is 2.26. The summed E-state index contributed by atoms with van der Waals surface area (Å²) in [5.41, 5.74) is 2.56. The number of rotatable bonds is 9. The Morgan fingerprint density at radius 3 is 2.32 bits per heavy atom. The van der Waals surface area contributed by atoms with Gasteiger partial charge in [-0.05, 0) is 17.5 Å². The second kappa shape index (κ2) is 9.97. The molecule has 3 atom stereocenters. The number of aliphatic hydroxyl groups excluding tert-OH is 1. The molecule has 3 aromatic rings. The molecule has 1 heterocycles. The first-order valence-electron chi connectivity index (χ1n) is 9.56. The van der Waals surface area contributed by atoms with E-state index in [2.05, 4.69) is 41.5 Å². The number of methoxy groups -OCH3 is 1. The summed E-state index contributed by atoms with van der Waals surface area (Å²) in [5.74, 6) is 0.263. The number of benzene rings is 2. The lowest BCUT2D eigenvalue weighted by molar-refractivity contribution is 0.0740. The largest absolute Gasteiger partial charge is 0.382 e. The van der Waals surface area contributed by atoms with E-state index >= 15 is 0 Å². The standard InChI is InChI=1S/C23H27N3O2/c1-18(23(28-2)20-14-7-4-8-15-20)11-9-10-16-26-17-21(24-25-26)22(27)19-12-5-3-6-13-19/h3-9,11-15,17-18,22-23,27H,10,16H2,1-2H3/b11-9+/t18-,22+,23+/m0/s1. The number of aryl methyl sites for hydroxylation is 1. The normalized spacial score (nSPS) is 14.8. The number of allylic oxidation sites excluding steroid dienone is 1. The Bertz CT molecular complexity index is 862. The van der Waals surface area contributed by atoms with E-state index in [4.69, 9.17) is 4.74 Å². The van der Waals surface area contributed by atoms with Gasteiger partial charge in [-0.3, -0.25) is 4.68 Å². The van der Waals surface area contributed by atoms with Crippen LogP contribution in [0.3, 0.4) is 0 Å². The molecule has 5 heteroatoms. The second-order valence-electron chi connectivity index (χ2n) is 6.86. The molecule has 146 valence electrons. The molecule has 0 aliphatic carbocycles. The highest BCUT2D eigenvalue weighted by atomic mass is 16.5. The molecule has 1 aromatic heterocycles. The van der Waals surface area contributed by atoms with Crippen LogP contribution < -0.4 is 0 Å². The Morgan fingerprint density at radius 2 is 1.68 bits per heavy atom. The second-order valence-corrected chi connectivity index (χ2v) is 6.86. The maximum Gasteiger partial charge on any atom is 0.124 e. The molecule has 0 spiro atoms. The van der Waals surface area contributed by atoms with Gasteiger partial charge in [0.15, 0.2) is 0 Å². The van der Waals surface area contributed by atoms with Crippen molar-refractivity contribution in [3.8, 4) is 0 Å². The topological polar surface area (TPSA) is 60.2 Å². The van der Waals surface area contributed by atoms with Crippen LogP contribution in [0.4, 0.5) is 0 Å². The minimum absolute atomic E-state index is 0.0384. The molecule has 0 aliphatic heterocycles. The van der Waals surface area contributed by atoms with Crippen molar-refractivity contribution in [2.45, 2.75) is 32.1 Å². The fourth-order valence-corrected chi connectivity index (χ4v) is 3.27. The average Bonchev–Trinajstić information content (AvgIpc) is 3.21. The first-order chi connectivity index (χ1) is 13.7. The molecular weight excluding hydrogens is 350 g/mol. The third-order valence-electron chi connectivity index (χ3n) is 4.78. The molecule has 0 aliphatic rings. The Labute approximate surface area is 166 Å². The Hall–Kier alpha value is -2.76. The molecule has 0 unspecified atom stereocenters. The molecule has 0 saturated heterocycles. The monoisotopic (exact) mass is 377 g/mol. The first kappa shape index (κ1) is 20.0. The molecule has 1 N–H and O–H groups in total. The van der Waals surface area contributed by atoms with Crippen molar-refractivity contribution in [2.24, 2.45) is 5.92 Å². The molecule has 0 radical (unpaired) electrons. The third kappa shape index (κ3) is 5.15. The summed E-state index contributed by atoms with van der Waals surface area (Å²) in [6.07, 6.45) is 6.25. The minimum Gasteiger partial charge on any atom is -0.382 e. The number of aromatic nitrogens is 3. The number of hydrogen-bond acceptors (Lipinski definition) is 4. The number of nitrogens with zero attached hydrogens (tertiary/aromatic N) is 3. The zero-order valence-corrected chi connectivity index (χ0v) is 16.3. The summed E-state index contributed by atoms with van der Waals surface area (Å²) in [5, 5.41) is 18.6. The van der Waals surface area contributed by atoms with Crippen LogP contribution >= 0.6 is 0 Å². The van der Waals surface area contributed by atoms with Gasteiger partial charge < -0.3 is 9.84 Å². The van der Waals surface area contributed by atoms with Crippen LogP contribution in [-0.2, 0) is 11.3 Å².